The Balaban J connectivity index is 2.04. The highest BCUT2D eigenvalue weighted by molar-refractivity contribution is 7.92. The highest BCUT2D eigenvalue weighted by atomic mass is 35.5. The third-order valence-corrected chi connectivity index (χ3v) is 8.16. The minimum Gasteiger partial charge on any atom is -0.354 e. The zero-order valence-electron chi connectivity index (χ0n) is 21.5. The Morgan fingerprint density at radius 2 is 1.55 bits per heavy atom. The molecule has 0 aliphatic carbocycles. The van der Waals surface area contributed by atoms with E-state index in [1.807, 2.05) is 44.2 Å². The first kappa shape index (κ1) is 29.5. The number of nitrogens with zero attached hydrogens (tertiary/aromatic N) is 2. The molecule has 0 fully saturated rings. The van der Waals surface area contributed by atoms with Crippen LogP contribution in [0.25, 0.3) is 0 Å². The van der Waals surface area contributed by atoms with Gasteiger partial charge in [-0.15, -0.1) is 0 Å². The summed E-state index contributed by atoms with van der Waals surface area (Å²) in [7, 11) is -4.20. The molecule has 0 aliphatic rings. The number of benzene rings is 3. The highest BCUT2D eigenvalue weighted by Crippen LogP contribution is 2.30. The number of halogens is 2. The zero-order chi connectivity index (χ0) is 27.9. The molecule has 2 amide bonds. The third-order valence-electron chi connectivity index (χ3n) is 5.94. The van der Waals surface area contributed by atoms with Crippen molar-refractivity contribution in [1.82, 2.24) is 10.2 Å². The molecule has 0 saturated carbocycles. The number of sulfonamides is 1. The molecule has 0 heterocycles. The van der Waals surface area contributed by atoms with E-state index in [1.165, 1.54) is 35.2 Å². The summed E-state index contributed by atoms with van der Waals surface area (Å²) in [5, 5.41) is 3.25. The maximum Gasteiger partial charge on any atom is 0.264 e. The SMILES string of the molecule is CCCNC(=O)C(C)N(Cc1ccccc1)C(=O)CN(c1cc(Cl)cc(Cl)c1)S(=O)(=O)c1ccc(C)cc1. The predicted octanol–water partition coefficient (Wildman–Crippen LogP) is 5.44. The second kappa shape index (κ2) is 13.1. The van der Waals surface area contributed by atoms with E-state index in [2.05, 4.69) is 5.32 Å². The fourth-order valence-electron chi connectivity index (χ4n) is 3.81. The van der Waals surface area contributed by atoms with Crippen LogP contribution in [0.15, 0.2) is 77.7 Å². The van der Waals surface area contributed by atoms with Gasteiger partial charge in [-0.05, 0) is 56.2 Å². The van der Waals surface area contributed by atoms with Gasteiger partial charge in [-0.3, -0.25) is 13.9 Å². The normalized spacial score (nSPS) is 12.0. The van der Waals surface area contributed by atoms with Crippen LogP contribution in [0.2, 0.25) is 10.0 Å². The second-order valence-corrected chi connectivity index (χ2v) is 11.7. The third kappa shape index (κ3) is 7.49. The summed E-state index contributed by atoms with van der Waals surface area (Å²) in [6.07, 6.45) is 0.739. The molecule has 0 radical (unpaired) electrons. The van der Waals surface area contributed by atoms with Crippen molar-refractivity contribution in [1.29, 1.82) is 0 Å². The number of hydrogen-bond donors (Lipinski definition) is 1. The molecule has 0 aromatic heterocycles. The van der Waals surface area contributed by atoms with Crippen LogP contribution in [0.1, 0.15) is 31.4 Å². The number of aryl methyl sites for hydroxylation is 1. The van der Waals surface area contributed by atoms with E-state index in [0.29, 0.717) is 6.54 Å². The molecule has 3 aromatic rings. The number of rotatable bonds is 11. The van der Waals surface area contributed by atoms with Crippen molar-refractivity contribution < 1.29 is 18.0 Å². The molecule has 7 nitrogen and oxygen atoms in total. The van der Waals surface area contributed by atoms with Crippen molar-refractivity contribution in [3.63, 3.8) is 0 Å². The van der Waals surface area contributed by atoms with Gasteiger partial charge in [0.1, 0.15) is 12.6 Å². The molecule has 10 heteroatoms. The summed E-state index contributed by atoms with van der Waals surface area (Å²) in [5.74, 6) is -0.880. The molecule has 0 bridgehead atoms. The summed E-state index contributed by atoms with van der Waals surface area (Å²) in [6.45, 7) is 5.43. The second-order valence-electron chi connectivity index (χ2n) is 8.93. The van der Waals surface area contributed by atoms with Gasteiger partial charge in [0, 0.05) is 23.1 Å². The maximum absolute atomic E-state index is 13.8. The van der Waals surface area contributed by atoms with Crippen molar-refractivity contribution in [2.24, 2.45) is 0 Å². The lowest BCUT2D eigenvalue weighted by Gasteiger charge is -2.32. The molecule has 0 aliphatic heterocycles. The van der Waals surface area contributed by atoms with Crippen LogP contribution in [-0.4, -0.2) is 44.3 Å². The Hall–Kier alpha value is -3.07. The van der Waals surface area contributed by atoms with Crippen molar-refractivity contribution in [3.05, 3.63) is 94.0 Å². The van der Waals surface area contributed by atoms with E-state index in [4.69, 9.17) is 23.2 Å². The molecule has 0 spiro atoms. The molecular weight excluding hydrogens is 545 g/mol. The summed E-state index contributed by atoms with van der Waals surface area (Å²) < 4.78 is 28.6. The van der Waals surface area contributed by atoms with Crippen LogP contribution in [0.4, 0.5) is 5.69 Å². The van der Waals surface area contributed by atoms with E-state index in [1.54, 1.807) is 19.1 Å². The monoisotopic (exact) mass is 575 g/mol. The van der Waals surface area contributed by atoms with Gasteiger partial charge in [-0.1, -0.05) is 78.2 Å². The number of carbonyl (C=O) groups excluding carboxylic acids is 2. The minimum absolute atomic E-state index is 0.00958. The van der Waals surface area contributed by atoms with Gasteiger partial charge in [0.25, 0.3) is 10.0 Å². The Bertz CT molecular complexity index is 1350. The smallest absolute Gasteiger partial charge is 0.264 e. The summed E-state index contributed by atoms with van der Waals surface area (Å²) in [4.78, 5) is 28.1. The molecule has 1 unspecified atom stereocenters. The number of hydrogen-bond acceptors (Lipinski definition) is 4. The molecule has 38 heavy (non-hydrogen) atoms. The van der Waals surface area contributed by atoms with Crippen LogP contribution in [0.5, 0.6) is 0 Å². The quantitative estimate of drug-likeness (QED) is 0.330. The average molecular weight is 577 g/mol. The van der Waals surface area contributed by atoms with Crippen molar-refractivity contribution >= 4 is 50.7 Å². The van der Waals surface area contributed by atoms with Gasteiger partial charge in [-0.25, -0.2) is 8.42 Å². The van der Waals surface area contributed by atoms with Gasteiger partial charge < -0.3 is 10.2 Å². The summed E-state index contributed by atoms with van der Waals surface area (Å²) in [6, 6.07) is 19.0. The van der Waals surface area contributed by atoms with E-state index < -0.39 is 28.5 Å². The van der Waals surface area contributed by atoms with Crippen LogP contribution < -0.4 is 9.62 Å². The first-order valence-electron chi connectivity index (χ1n) is 12.2. The van der Waals surface area contributed by atoms with Gasteiger partial charge in [0.15, 0.2) is 0 Å². The van der Waals surface area contributed by atoms with Gasteiger partial charge >= 0.3 is 0 Å². The molecule has 0 saturated heterocycles. The van der Waals surface area contributed by atoms with Gasteiger partial charge in [-0.2, -0.15) is 0 Å². The molecular formula is C28H31Cl2N3O4S. The Labute approximate surface area is 234 Å². The Morgan fingerprint density at radius 3 is 2.13 bits per heavy atom. The number of carbonyl (C=O) groups is 2. The lowest BCUT2D eigenvalue weighted by atomic mass is 10.1. The maximum atomic E-state index is 13.8. The number of anilines is 1. The van der Waals surface area contributed by atoms with E-state index in [-0.39, 0.29) is 33.1 Å². The first-order valence-corrected chi connectivity index (χ1v) is 14.4. The number of amides is 2. The Morgan fingerprint density at radius 1 is 0.947 bits per heavy atom. The minimum atomic E-state index is -4.20. The van der Waals surface area contributed by atoms with Crippen LogP contribution in [0.3, 0.4) is 0 Å². The summed E-state index contributed by atoms with van der Waals surface area (Å²) in [5.41, 5.74) is 1.83. The highest BCUT2D eigenvalue weighted by Gasteiger charge is 2.32. The largest absolute Gasteiger partial charge is 0.354 e. The van der Waals surface area contributed by atoms with Gasteiger partial charge in [0.2, 0.25) is 11.8 Å². The zero-order valence-corrected chi connectivity index (χ0v) is 23.9. The number of nitrogens with one attached hydrogen (secondary N) is 1. The fourth-order valence-corrected chi connectivity index (χ4v) is 5.72. The first-order chi connectivity index (χ1) is 18.0. The van der Waals surface area contributed by atoms with Crippen molar-refractivity contribution in [2.75, 3.05) is 17.4 Å². The average Bonchev–Trinajstić information content (AvgIpc) is 2.88. The lowest BCUT2D eigenvalue weighted by Crippen LogP contribution is -2.51. The molecule has 3 aromatic carbocycles. The fraction of sp³-hybridized carbons (Fsp3) is 0.286. The van der Waals surface area contributed by atoms with Gasteiger partial charge in [0.05, 0.1) is 10.6 Å². The standard InChI is InChI=1S/C28H31Cl2N3O4S/c1-4-14-31-28(35)21(3)32(18-22-8-6-5-7-9-22)27(34)19-33(25-16-23(29)15-24(30)17-25)38(36,37)26-12-10-20(2)11-13-26/h5-13,15-17,21H,4,14,18-19H2,1-3H3,(H,31,35). The van der Waals surface area contributed by atoms with E-state index >= 15 is 0 Å². The van der Waals surface area contributed by atoms with Crippen LogP contribution >= 0.6 is 23.2 Å². The molecule has 202 valence electrons. The molecule has 1 N–H and O–H groups in total. The molecule has 1 atom stereocenters. The van der Waals surface area contributed by atoms with Crippen molar-refractivity contribution in [3.8, 4) is 0 Å². The van der Waals surface area contributed by atoms with Crippen LogP contribution in [-0.2, 0) is 26.2 Å². The molecule has 3 rings (SSSR count). The van der Waals surface area contributed by atoms with Crippen LogP contribution in [0, 0.1) is 6.92 Å². The van der Waals surface area contributed by atoms with E-state index in [0.717, 1.165) is 21.9 Å². The topological polar surface area (TPSA) is 86.8 Å². The lowest BCUT2D eigenvalue weighted by molar-refractivity contribution is -0.139. The predicted molar refractivity (Wildman–Crippen MR) is 152 cm³/mol. The van der Waals surface area contributed by atoms with Crippen molar-refractivity contribution in [2.45, 2.75) is 44.7 Å². The van der Waals surface area contributed by atoms with E-state index in [9.17, 15) is 18.0 Å². The summed E-state index contributed by atoms with van der Waals surface area (Å²) >= 11 is 12.4. The Kier molecular flexibility index (Phi) is 10.2.